The zero-order valence-electron chi connectivity index (χ0n) is 17.0. The summed E-state index contributed by atoms with van der Waals surface area (Å²) in [4.78, 5) is 12.8. The van der Waals surface area contributed by atoms with Crippen molar-refractivity contribution in [1.29, 1.82) is 0 Å². The van der Waals surface area contributed by atoms with Gasteiger partial charge in [-0.05, 0) is 67.8 Å². The fourth-order valence-corrected chi connectivity index (χ4v) is 5.01. The van der Waals surface area contributed by atoms with Crippen molar-refractivity contribution in [3.8, 4) is 5.75 Å². The van der Waals surface area contributed by atoms with Gasteiger partial charge in [0.1, 0.15) is 5.75 Å². The van der Waals surface area contributed by atoms with Crippen molar-refractivity contribution < 1.29 is 17.9 Å². The van der Waals surface area contributed by atoms with Gasteiger partial charge in [-0.3, -0.25) is 4.79 Å². The molecule has 8 heteroatoms. The summed E-state index contributed by atoms with van der Waals surface area (Å²) < 4.78 is 33.0. The van der Waals surface area contributed by atoms with E-state index in [1.54, 1.807) is 40.7 Å². The number of hydrogen-bond acceptors (Lipinski definition) is 4. The average Bonchev–Trinajstić information content (AvgIpc) is 3.04. The third kappa shape index (κ3) is 5.74. The minimum absolute atomic E-state index is 0.242. The van der Waals surface area contributed by atoms with Gasteiger partial charge in [0.25, 0.3) is 5.91 Å². The minimum Gasteiger partial charge on any atom is -0.481 e. The lowest BCUT2D eigenvalue weighted by Crippen LogP contribution is -2.32. The first kappa shape index (κ1) is 22.6. The topological polar surface area (TPSA) is 75.7 Å². The molecule has 1 heterocycles. The van der Waals surface area contributed by atoms with Crippen molar-refractivity contribution in [3.63, 3.8) is 0 Å². The van der Waals surface area contributed by atoms with Crippen LogP contribution in [0.1, 0.15) is 39.0 Å². The first-order valence-corrected chi connectivity index (χ1v) is 12.1. The highest BCUT2D eigenvalue weighted by molar-refractivity contribution is 7.89. The number of halogens is 1. The quantitative estimate of drug-likeness (QED) is 0.663. The molecular formula is C22H27ClN2O4S. The Kier molecular flexibility index (Phi) is 7.75. The Hall–Kier alpha value is -2.09. The second-order valence-electron chi connectivity index (χ2n) is 7.30. The highest BCUT2D eigenvalue weighted by atomic mass is 35.5. The molecule has 1 amide bonds. The van der Waals surface area contributed by atoms with Gasteiger partial charge in [-0.15, -0.1) is 0 Å². The van der Waals surface area contributed by atoms with Crippen LogP contribution in [-0.4, -0.2) is 37.8 Å². The molecule has 30 heavy (non-hydrogen) atoms. The van der Waals surface area contributed by atoms with Gasteiger partial charge in [0.15, 0.2) is 6.10 Å². The van der Waals surface area contributed by atoms with Crippen LogP contribution in [0.5, 0.6) is 5.75 Å². The normalized spacial score (nSPS) is 16.5. The van der Waals surface area contributed by atoms with Gasteiger partial charge in [0, 0.05) is 23.8 Å². The molecular weight excluding hydrogens is 424 g/mol. The van der Waals surface area contributed by atoms with Crippen LogP contribution in [0.3, 0.4) is 0 Å². The summed E-state index contributed by atoms with van der Waals surface area (Å²) >= 11 is 5.87. The van der Waals surface area contributed by atoms with Crippen molar-refractivity contribution in [3.05, 3.63) is 53.6 Å². The van der Waals surface area contributed by atoms with Gasteiger partial charge >= 0.3 is 0 Å². The Balaban J connectivity index is 1.65. The molecule has 1 aliphatic heterocycles. The van der Waals surface area contributed by atoms with E-state index < -0.39 is 16.1 Å². The summed E-state index contributed by atoms with van der Waals surface area (Å²) in [6.07, 6.45) is 3.71. The number of carbonyl (C=O) groups excluding carboxylic acids is 1. The van der Waals surface area contributed by atoms with Crippen LogP contribution in [-0.2, 0) is 14.8 Å². The summed E-state index contributed by atoms with van der Waals surface area (Å²) in [5.41, 5.74) is 0.521. The molecule has 0 radical (unpaired) electrons. The van der Waals surface area contributed by atoms with Crippen LogP contribution >= 0.6 is 11.6 Å². The number of anilines is 1. The van der Waals surface area contributed by atoms with E-state index in [1.165, 1.54) is 12.1 Å². The molecule has 2 aromatic rings. The van der Waals surface area contributed by atoms with Crippen molar-refractivity contribution >= 4 is 33.2 Å². The number of benzene rings is 2. The van der Waals surface area contributed by atoms with E-state index >= 15 is 0 Å². The summed E-state index contributed by atoms with van der Waals surface area (Å²) in [6, 6.07) is 13.1. The minimum atomic E-state index is -3.51. The first-order chi connectivity index (χ1) is 14.4. The summed E-state index contributed by atoms with van der Waals surface area (Å²) in [5.74, 6) is 0.260. The predicted molar refractivity (Wildman–Crippen MR) is 118 cm³/mol. The molecule has 0 unspecified atom stereocenters. The van der Waals surface area contributed by atoms with Gasteiger partial charge in [-0.2, -0.15) is 4.31 Å². The van der Waals surface area contributed by atoms with Crippen LogP contribution < -0.4 is 10.1 Å². The summed E-state index contributed by atoms with van der Waals surface area (Å²) in [5, 5.41) is 3.39. The molecule has 0 bridgehead atoms. The average molecular weight is 451 g/mol. The third-order valence-electron chi connectivity index (χ3n) is 5.08. The monoisotopic (exact) mass is 450 g/mol. The predicted octanol–water partition coefficient (Wildman–Crippen LogP) is 4.70. The second kappa shape index (κ2) is 10.3. The Labute approximate surface area is 183 Å². The number of hydrogen-bond donors (Lipinski definition) is 1. The Morgan fingerprint density at radius 2 is 1.63 bits per heavy atom. The molecule has 0 aromatic heterocycles. The molecule has 1 N–H and O–H groups in total. The molecule has 3 rings (SSSR count). The van der Waals surface area contributed by atoms with Crippen molar-refractivity contribution in [2.75, 3.05) is 18.4 Å². The van der Waals surface area contributed by atoms with E-state index in [1.807, 2.05) is 6.92 Å². The van der Waals surface area contributed by atoms with Crippen molar-refractivity contribution in [2.24, 2.45) is 0 Å². The van der Waals surface area contributed by atoms with Crippen LogP contribution in [0, 0.1) is 0 Å². The third-order valence-corrected chi connectivity index (χ3v) is 7.24. The Morgan fingerprint density at radius 3 is 2.20 bits per heavy atom. The SMILES string of the molecule is CC[C@H](Oc1ccc(Cl)cc1)C(=O)Nc1ccc(S(=O)(=O)N2CCCCCC2)cc1. The second-order valence-corrected chi connectivity index (χ2v) is 9.67. The molecule has 1 aliphatic rings. The number of nitrogens with zero attached hydrogens (tertiary/aromatic N) is 1. The maximum absolute atomic E-state index is 12.9. The van der Waals surface area contributed by atoms with E-state index in [9.17, 15) is 13.2 Å². The molecule has 1 atom stereocenters. The molecule has 1 saturated heterocycles. The lowest BCUT2D eigenvalue weighted by molar-refractivity contribution is -0.122. The molecule has 0 aliphatic carbocycles. The van der Waals surface area contributed by atoms with Gasteiger partial charge in [0.2, 0.25) is 10.0 Å². The highest BCUT2D eigenvalue weighted by Crippen LogP contribution is 2.22. The maximum Gasteiger partial charge on any atom is 0.265 e. The number of carbonyl (C=O) groups is 1. The fraction of sp³-hybridized carbons (Fsp3) is 0.409. The van der Waals surface area contributed by atoms with E-state index in [0.717, 1.165) is 25.7 Å². The van der Waals surface area contributed by atoms with E-state index in [0.29, 0.717) is 36.0 Å². The number of ether oxygens (including phenoxy) is 1. The van der Waals surface area contributed by atoms with Gasteiger partial charge in [0.05, 0.1) is 4.90 Å². The molecule has 2 aromatic carbocycles. The Morgan fingerprint density at radius 1 is 1.03 bits per heavy atom. The van der Waals surface area contributed by atoms with Gasteiger partial charge < -0.3 is 10.1 Å². The van der Waals surface area contributed by atoms with Crippen LogP contribution in [0.15, 0.2) is 53.4 Å². The molecule has 0 saturated carbocycles. The summed E-state index contributed by atoms with van der Waals surface area (Å²) in [6.45, 7) is 2.97. The fourth-order valence-electron chi connectivity index (χ4n) is 3.36. The molecule has 6 nitrogen and oxygen atoms in total. The van der Waals surface area contributed by atoms with Crippen LogP contribution in [0.2, 0.25) is 5.02 Å². The lowest BCUT2D eigenvalue weighted by atomic mass is 10.2. The largest absolute Gasteiger partial charge is 0.481 e. The lowest BCUT2D eigenvalue weighted by Gasteiger charge is -2.20. The number of sulfonamides is 1. The number of rotatable bonds is 7. The summed E-state index contributed by atoms with van der Waals surface area (Å²) in [7, 11) is -3.51. The van der Waals surface area contributed by atoms with Gasteiger partial charge in [-0.1, -0.05) is 31.4 Å². The smallest absolute Gasteiger partial charge is 0.265 e. The molecule has 162 valence electrons. The maximum atomic E-state index is 12.9. The highest BCUT2D eigenvalue weighted by Gasteiger charge is 2.25. The van der Waals surface area contributed by atoms with Crippen molar-refractivity contribution in [1.82, 2.24) is 4.31 Å². The standard InChI is InChI=1S/C22H27ClN2O4S/c1-2-21(29-19-11-7-17(23)8-12-19)22(26)24-18-9-13-20(14-10-18)30(27,28)25-15-5-3-4-6-16-25/h7-14,21H,2-6,15-16H2,1H3,(H,24,26)/t21-/m0/s1. The van der Waals surface area contributed by atoms with E-state index in [4.69, 9.17) is 16.3 Å². The molecule has 1 fully saturated rings. The number of amides is 1. The molecule has 0 spiro atoms. The van der Waals surface area contributed by atoms with Gasteiger partial charge in [-0.25, -0.2) is 8.42 Å². The van der Waals surface area contributed by atoms with Crippen molar-refractivity contribution in [2.45, 2.75) is 50.0 Å². The first-order valence-electron chi connectivity index (χ1n) is 10.2. The van der Waals surface area contributed by atoms with E-state index in [2.05, 4.69) is 5.32 Å². The van der Waals surface area contributed by atoms with Crippen LogP contribution in [0.25, 0.3) is 0 Å². The van der Waals surface area contributed by atoms with E-state index in [-0.39, 0.29) is 10.8 Å². The zero-order valence-corrected chi connectivity index (χ0v) is 18.6. The van der Waals surface area contributed by atoms with Crippen LogP contribution in [0.4, 0.5) is 5.69 Å². The number of nitrogens with one attached hydrogen (secondary N) is 1. The zero-order chi connectivity index (χ0) is 21.6. The Bertz CT molecular complexity index is 938.